The molecule has 132 valence electrons. The Morgan fingerprint density at radius 3 is 2.68 bits per heavy atom. The van der Waals surface area contributed by atoms with Gasteiger partial charge in [0, 0.05) is 16.3 Å². The summed E-state index contributed by atoms with van der Waals surface area (Å²) in [5.74, 6) is 0.593. The molecule has 4 nitrogen and oxygen atoms in total. The monoisotopic (exact) mass is 375 g/mol. The minimum Gasteiger partial charge on any atom is -0.346 e. The predicted octanol–water partition coefficient (Wildman–Crippen LogP) is 3.80. The Balaban J connectivity index is 0.00000182. The molecule has 1 atom stereocenters. The van der Waals surface area contributed by atoms with Gasteiger partial charge in [0.2, 0.25) is 0 Å². The molecule has 0 unspecified atom stereocenters. The van der Waals surface area contributed by atoms with Crippen molar-refractivity contribution in [2.45, 2.75) is 38.3 Å². The van der Waals surface area contributed by atoms with E-state index < -0.39 is 0 Å². The third-order valence-electron chi connectivity index (χ3n) is 5.75. The molecule has 2 bridgehead atoms. The maximum atomic E-state index is 12.8. The van der Waals surface area contributed by atoms with Crippen molar-refractivity contribution in [1.82, 2.24) is 10.2 Å². The highest BCUT2D eigenvalue weighted by molar-refractivity contribution is 7.20. The van der Waals surface area contributed by atoms with Crippen LogP contribution in [0.2, 0.25) is 0 Å². The van der Waals surface area contributed by atoms with Crippen LogP contribution >= 0.6 is 23.7 Å². The van der Waals surface area contributed by atoms with E-state index in [9.17, 15) is 4.79 Å². The van der Waals surface area contributed by atoms with E-state index >= 15 is 0 Å². The minimum absolute atomic E-state index is 0. The second kappa shape index (κ2) is 6.60. The highest BCUT2D eigenvalue weighted by atomic mass is 35.5. The van der Waals surface area contributed by atoms with E-state index in [0.717, 1.165) is 28.1 Å². The van der Waals surface area contributed by atoms with E-state index in [-0.39, 0.29) is 29.9 Å². The molecule has 3 aliphatic rings. The number of halogens is 1. The highest BCUT2D eigenvalue weighted by Gasteiger charge is 2.48. The fourth-order valence-electron chi connectivity index (χ4n) is 4.30. The number of thiophene rings is 1. The van der Waals surface area contributed by atoms with Crippen molar-refractivity contribution in [3.05, 3.63) is 34.7 Å². The Bertz CT molecular complexity index is 846. The first-order valence-corrected chi connectivity index (χ1v) is 9.30. The predicted molar refractivity (Wildman–Crippen MR) is 103 cm³/mol. The van der Waals surface area contributed by atoms with Gasteiger partial charge in [-0.3, -0.25) is 9.69 Å². The molecular weight excluding hydrogens is 354 g/mol. The standard InChI is InChI=1S/C19H21N3OS.ClH/c1-19(2)17(13-5-7-22(19)8-6-13)21-18(23)16-10-14-4-3-12(11-20)9-15(14)24-16;/h3-4,9-10,13,17H,5-8H2,1-2H3,(H,21,23);1H/t17-;/m0./s1. The molecule has 0 saturated carbocycles. The van der Waals surface area contributed by atoms with Crippen LogP contribution in [0.15, 0.2) is 24.3 Å². The fraction of sp³-hybridized carbons (Fsp3) is 0.474. The second-order valence-corrected chi connectivity index (χ2v) is 8.49. The molecule has 1 N–H and O–H groups in total. The number of fused-ring (bicyclic) bond motifs is 4. The van der Waals surface area contributed by atoms with Crippen LogP contribution in [-0.4, -0.2) is 35.5 Å². The zero-order valence-corrected chi connectivity index (χ0v) is 16.0. The lowest BCUT2D eigenvalue weighted by molar-refractivity contribution is -0.0377. The number of nitrogens with zero attached hydrogens (tertiary/aromatic N) is 2. The average Bonchev–Trinajstić information content (AvgIpc) is 3.01. The van der Waals surface area contributed by atoms with Crippen molar-refractivity contribution < 1.29 is 4.79 Å². The molecule has 1 amide bonds. The van der Waals surface area contributed by atoms with E-state index in [4.69, 9.17) is 5.26 Å². The summed E-state index contributed by atoms with van der Waals surface area (Å²) in [4.78, 5) is 16.0. The zero-order valence-electron chi connectivity index (χ0n) is 14.4. The molecule has 25 heavy (non-hydrogen) atoms. The van der Waals surface area contributed by atoms with Crippen LogP contribution in [0.4, 0.5) is 0 Å². The van der Waals surface area contributed by atoms with Gasteiger partial charge in [0.15, 0.2) is 0 Å². The fourth-order valence-corrected chi connectivity index (χ4v) is 5.31. The number of rotatable bonds is 2. The number of piperidine rings is 3. The number of nitrogens with one attached hydrogen (secondary N) is 1. The summed E-state index contributed by atoms with van der Waals surface area (Å²) in [7, 11) is 0. The minimum atomic E-state index is 0. The largest absolute Gasteiger partial charge is 0.346 e. The number of nitriles is 1. The van der Waals surface area contributed by atoms with Gasteiger partial charge in [-0.1, -0.05) is 6.07 Å². The molecule has 4 heterocycles. The maximum absolute atomic E-state index is 12.8. The van der Waals surface area contributed by atoms with Gasteiger partial charge in [-0.05, 0) is 69.3 Å². The Hall–Kier alpha value is -1.61. The van der Waals surface area contributed by atoms with E-state index in [1.807, 2.05) is 18.2 Å². The summed E-state index contributed by atoms with van der Waals surface area (Å²) in [5, 5.41) is 13.4. The van der Waals surface area contributed by atoms with Crippen LogP contribution < -0.4 is 5.32 Å². The van der Waals surface area contributed by atoms with E-state index in [0.29, 0.717) is 11.5 Å². The SMILES string of the molecule is CC1(C)[C@@H](NC(=O)c2cc3ccc(C#N)cc3s2)C2CCN1CC2.Cl. The molecule has 3 fully saturated rings. The number of hydrogen-bond donors (Lipinski definition) is 1. The summed E-state index contributed by atoms with van der Waals surface area (Å²) < 4.78 is 0.993. The van der Waals surface area contributed by atoms with Crippen LogP contribution in [0.3, 0.4) is 0 Å². The van der Waals surface area contributed by atoms with Crippen molar-refractivity contribution in [2.24, 2.45) is 5.92 Å². The van der Waals surface area contributed by atoms with Crippen LogP contribution in [0.1, 0.15) is 41.9 Å². The molecule has 5 rings (SSSR count). The van der Waals surface area contributed by atoms with Crippen LogP contribution in [0, 0.1) is 17.2 Å². The van der Waals surface area contributed by atoms with Crippen molar-refractivity contribution in [2.75, 3.05) is 13.1 Å². The molecular formula is C19H22ClN3OS. The van der Waals surface area contributed by atoms with E-state index in [1.165, 1.54) is 24.2 Å². The quantitative estimate of drug-likeness (QED) is 0.868. The zero-order chi connectivity index (χ0) is 16.9. The maximum Gasteiger partial charge on any atom is 0.261 e. The molecule has 0 aliphatic carbocycles. The van der Waals surface area contributed by atoms with Crippen molar-refractivity contribution in [1.29, 1.82) is 5.26 Å². The molecule has 1 aromatic carbocycles. The van der Waals surface area contributed by atoms with Crippen molar-refractivity contribution in [3.8, 4) is 6.07 Å². The third-order valence-corrected chi connectivity index (χ3v) is 6.84. The van der Waals surface area contributed by atoms with Gasteiger partial charge < -0.3 is 5.32 Å². The van der Waals surface area contributed by atoms with E-state index in [2.05, 4.69) is 30.1 Å². The summed E-state index contributed by atoms with van der Waals surface area (Å²) in [6, 6.07) is 9.86. The molecule has 2 aromatic rings. The average molecular weight is 376 g/mol. The summed E-state index contributed by atoms with van der Waals surface area (Å²) in [6.07, 6.45) is 2.35. The van der Waals surface area contributed by atoms with Crippen molar-refractivity contribution in [3.63, 3.8) is 0 Å². The highest BCUT2D eigenvalue weighted by Crippen LogP contribution is 2.39. The molecule has 3 saturated heterocycles. The van der Waals surface area contributed by atoms with Crippen LogP contribution in [-0.2, 0) is 0 Å². The van der Waals surface area contributed by atoms with Gasteiger partial charge >= 0.3 is 0 Å². The number of amides is 1. The first-order chi connectivity index (χ1) is 11.5. The van der Waals surface area contributed by atoms with Gasteiger partial charge in [0.05, 0.1) is 16.5 Å². The first kappa shape index (κ1) is 18.2. The lowest BCUT2D eigenvalue weighted by atomic mass is 9.72. The van der Waals surface area contributed by atoms with Gasteiger partial charge in [0.25, 0.3) is 5.91 Å². The second-order valence-electron chi connectivity index (χ2n) is 7.40. The van der Waals surface area contributed by atoms with E-state index in [1.54, 1.807) is 6.07 Å². The summed E-state index contributed by atoms with van der Waals surface area (Å²) in [6.45, 7) is 6.77. The summed E-state index contributed by atoms with van der Waals surface area (Å²) in [5.41, 5.74) is 0.649. The molecule has 6 heteroatoms. The number of carbonyl (C=O) groups is 1. The number of carbonyl (C=O) groups excluding carboxylic acids is 1. The molecule has 1 aromatic heterocycles. The molecule has 0 spiro atoms. The molecule has 3 aliphatic heterocycles. The Morgan fingerprint density at radius 1 is 1.32 bits per heavy atom. The molecule has 0 radical (unpaired) electrons. The number of benzene rings is 1. The Kier molecular flexibility index (Phi) is 4.80. The first-order valence-electron chi connectivity index (χ1n) is 8.48. The van der Waals surface area contributed by atoms with Crippen LogP contribution in [0.5, 0.6) is 0 Å². The summed E-state index contributed by atoms with van der Waals surface area (Å²) >= 11 is 1.47. The topological polar surface area (TPSA) is 56.1 Å². The lowest BCUT2D eigenvalue weighted by Gasteiger charge is -2.56. The Morgan fingerprint density at radius 2 is 2.04 bits per heavy atom. The smallest absolute Gasteiger partial charge is 0.261 e. The third kappa shape index (κ3) is 3.03. The lowest BCUT2D eigenvalue weighted by Crippen LogP contribution is -2.69. The van der Waals surface area contributed by atoms with Crippen molar-refractivity contribution >= 4 is 39.7 Å². The number of hydrogen-bond acceptors (Lipinski definition) is 4. The van der Waals surface area contributed by atoms with Gasteiger partial charge in [-0.2, -0.15) is 5.26 Å². The van der Waals surface area contributed by atoms with Gasteiger partial charge in [-0.25, -0.2) is 0 Å². The van der Waals surface area contributed by atoms with Gasteiger partial charge in [0.1, 0.15) is 0 Å². The normalized spacial score (nSPS) is 26.7. The van der Waals surface area contributed by atoms with Crippen LogP contribution in [0.25, 0.3) is 10.1 Å². The Labute approximate surface area is 158 Å². The van der Waals surface area contributed by atoms with Gasteiger partial charge in [-0.15, -0.1) is 23.7 Å².